The number of thiophene rings is 2. The molecule has 0 amide bonds. The molecule has 1 N–H and O–H groups in total. The Hall–Kier alpha value is -2.83. The number of hydrogen-bond acceptors (Lipinski definition) is 6. The van der Waals surface area contributed by atoms with Gasteiger partial charge in [-0.15, -0.1) is 34.9 Å². The Morgan fingerprint density at radius 3 is 2.19 bits per heavy atom. The number of carbonyl (C=O) groups excluding carboxylic acids is 1. The molecule has 4 heterocycles. The first-order chi connectivity index (χ1) is 21.8. The molecule has 0 saturated carbocycles. The second-order valence-corrected chi connectivity index (χ2v) is 15.7. The van der Waals surface area contributed by atoms with Gasteiger partial charge in [-0.2, -0.15) is 11.3 Å². The van der Waals surface area contributed by atoms with Crippen LogP contribution in [-0.4, -0.2) is 15.9 Å². The third kappa shape index (κ3) is 7.15. The van der Waals surface area contributed by atoms with Crippen LogP contribution in [0.5, 0.6) is 0 Å². The largest absolute Gasteiger partial charge is 0.512 e. The van der Waals surface area contributed by atoms with Gasteiger partial charge in [0.15, 0.2) is 5.78 Å². The summed E-state index contributed by atoms with van der Waals surface area (Å²) in [6.45, 7) is 18.9. The zero-order chi connectivity index (χ0) is 33.4. The number of benzene rings is 2. The molecular formula is C40H46IrNO3S2-. The van der Waals surface area contributed by atoms with Crippen molar-refractivity contribution in [2.24, 2.45) is 10.8 Å². The van der Waals surface area contributed by atoms with Gasteiger partial charge in [-0.25, -0.2) is 0 Å². The van der Waals surface area contributed by atoms with E-state index < -0.39 is 0 Å². The van der Waals surface area contributed by atoms with Crippen LogP contribution in [0.2, 0.25) is 0 Å². The fraction of sp³-hybridized carbons (Fsp3) is 0.400. The molecule has 0 bridgehead atoms. The van der Waals surface area contributed by atoms with E-state index in [0.717, 1.165) is 64.3 Å². The maximum Gasteiger partial charge on any atom is 0.164 e. The molecule has 4 aromatic heterocycles. The summed E-state index contributed by atoms with van der Waals surface area (Å²) in [6.07, 6.45) is 6.59. The van der Waals surface area contributed by atoms with Gasteiger partial charge in [-0.1, -0.05) is 73.4 Å². The van der Waals surface area contributed by atoms with Crippen LogP contribution in [0, 0.1) is 16.9 Å². The summed E-state index contributed by atoms with van der Waals surface area (Å²) < 4.78 is 8.77. The fourth-order valence-corrected chi connectivity index (χ4v) is 7.64. The maximum atomic E-state index is 12.2. The normalized spacial score (nSPS) is 12.8. The summed E-state index contributed by atoms with van der Waals surface area (Å²) in [6, 6.07) is 16.5. The number of pyridine rings is 1. The van der Waals surface area contributed by atoms with E-state index >= 15 is 0 Å². The van der Waals surface area contributed by atoms with Gasteiger partial charge >= 0.3 is 0 Å². The number of carbonyl (C=O) groups is 1. The SMILES string of the molecule is CC(C)(C)c1cc(-c2nccc3oc4cc5sccc5cc4c23)[c-]c2ccsc12.CCC(C)(CC)C(=O)/C=C(\O)C(C)(CC)CC.[Ir]. The van der Waals surface area contributed by atoms with Gasteiger partial charge in [-0.05, 0) is 76.2 Å². The van der Waals surface area contributed by atoms with Crippen molar-refractivity contribution in [1.82, 2.24) is 4.98 Å². The minimum Gasteiger partial charge on any atom is -0.512 e. The molecule has 0 aliphatic rings. The van der Waals surface area contributed by atoms with Gasteiger partial charge in [0.2, 0.25) is 0 Å². The van der Waals surface area contributed by atoms with Crippen LogP contribution < -0.4 is 0 Å². The van der Waals surface area contributed by atoms with E-state index in [1.165, 1.54) is 26.4 Å². The Morgan fingerprint density at radius 1 is 0.894 bits per heavy atom. The Bertz CT molecular complexity index is 2050. The third-order valence-corrected chi connectivity index (χ3v) is 11.9. The van der Waals surface area contributed by atoms with Crippen LogP contribution in [0.4, 0.5) is 0 Å². The van der Waals surface area contributed by atoms with Gasteiger partial charge in [0.1, 0.15) is 16.9 Å². The van der Waals surface area contributed by atoms with Crippen molar-refractivity contribution in [3.8, 4) is 11.3 Å². The zero-order valence-electron chi connectivity index (χ0n) is 29.0. The number of hydrogen-bond donors (Lipinski definition) is 1. The first-order valence-electron chi connectivity index (χ1n) is 16.4. The number of ketones is 1. The van der Waals surface area contributed by atoms with Gasteiger partial charge in [0, 0.05) is 64.4 Å². The topological polar surface area (TPSA) is 63.3 Å². The molecule has 0 spiro atoms. The zero-order valence-corrected chi connectivity index (χ0v) is 33.0. The molecule has 6 aromatic rings. The number of aliphatic hydroxyl groups excluding tert-OH is 1. The van der Waals surface area contributed by atoms with E-state index in [4.69, 9.17) is 9.40 Å². The van der Waals surface area contributed by atoms with E-state index in [2.05, 4.69) is 67.9 Å². The Balaban J connectivity index is 0.000000242. The second-order valence-electron chi connectivity index (χ2n) is 13.9. The number of furan rings is 1. The predicted molar refractivity (Wildman–Crippen MR) is 198 cm³/mol. The minimum atomic E-state index is -0.337. The number of aliphatic hydroxyl groups is 1. The smallest absolute Gasteiger partial charge is 0.164 e. The Kier molecular flexibility index (Phi) is 11.3. The summed E-state index contributed by atoms with van der Waals surface area (Å²) in [5.41, 5.74) is 4.53. The monoisotopic (exact) mass is 845 g/mol. The average molecular weight is 845 g/mol. The van der Waals surface area contributed by atoms with Crippen molar-refractivity contribution >= 4 is 70.6 Å². The molecular weight excluding hydrogens is 799 g/mol. The molecule has 0 atom stereocenters. The van der Waals surface area contributed by atoms with Gasteiger partial charge in [-0.3, -0.25) is 9.78 Å². The molecule has 2 aromatic carbocycles. The van der Waals surface area contributed by atoms with Gasteiger partial charge in [0.25, 0.3) is 0 Å². The summed E-state index contributed by atoms with van der Waals surface area (Å²) in [5.74, 6) is 0.286. The van der Waals surface area contributed by atoms with Crippen molar-refractivity contribution in [2.45, 2.75) is 93.4 Å². The summed E-state index contributed by atoms with van der Waals surface area (Å²) >= 11 is 3.53. The fourth-order valence-electron chi connectivity index (χ4n) is 5.76. The molecule has 251 valence electrons. The second kappa shape index (κ2) is 14.3. The molecule has 6 rings (SSSR count). The summed E-state index contributed by atoms with van der Waals surface area (Å²) in [4.78, 5) is 17.0. The molecule has 0 fully saturated rings. The summed E-state index contributed by atoms with van der Waals surface area (Å²) in [5, 5.41) is 19.0. The van der Waals surface area contributed by atoms with E-state index in [1.54, 1.807) is 22.7 Å². The van der Waals surface area contributed by atoms with Crippen molar-refractivity contribution in [3.63, 3.8) is 0 Å². The van der Waals surface area contributed by atoms with Crippen LogP contribution in [0.3, 0.4) is 0 Å². The van der Waals surface area contributed by atoms with Crippen LogP contribution in [0.25, 0.3) is 53.4 Å². The van der Waals surface area contributed by atoms with Crippen molar-refractivity contribution < 1.29 is 34.4 Å². The first kappa shape index (κ1) is 37.0. The number of allylic oxidation sites excluding steroid dienone is 2. The molecule has 0 aliphatic carbocycles. The molecule has 0 unspecified atom stereocenters. The standard InChI is InChI=1S/C25H18NOS2.C15H28O2.Ir/c1-25(2,3)18-12-16(10-15-6-9-29-24(15)18)23-22-17-11-14-5-8-28-21(14)13-20(17)27-19(22)4-7-26-23;1-7-14(5,8-2)12(16)11-13(17)15(6,9-3)10-4;/h4-9,11-13H,1-3H3;11,16H,7-10H2,1-6H3;/q-1;;/b;12-11-;. The molecule has 7 heteroatoms. The Morgan fingerprint density at radius 2 is 1.55 bits per heavy atom. The van der Waals surface area contributed by atoms with Gasteiger partial charge < -0.3 is 9.52 Å². The molecule has 1 radical (unpaired) electrons. The molecule has 0 saturated heterocycles. The predicted octanol–water partition coefficient (Wildman–Crippen LogP) is 12.8. The van der Waals surface area contributed by atoms with E-state index in [-0.39, 0.29) is 47.9 Å². The van der Waals surface area contributed by atoms with Crippen molar-refractivity contribution in [3.05, 3.63) is 76.8 Å². The van der Waals surface area contributed by atoms with E-state index in [9.17, 15) is 9.90 Å². The van der Waals surface area contributed by atoms with Crippen molar-refractivity contribution in [1.29, 1.82) is 0 Å². The first-order valence-corrected chi connectivity index (χ1v) is 18.1. The minimum absolute atomic E-state index is 0. The van der Waals surface area contributed by atoms with E-state index in [0.29, 0.717) is 0 Å². The van der Waals surface area contributed by atoms with Crippen LogP contribution in [0.15, 0.2) is 69.6 Å². The number of fused-ring (bicyclic) bond motifs is 5. The van der Waals surface area contributed by atoms with Crippen LogP contribution in [-0.2, 0) is 30.3 Å². The maximum absolute atomic E-state index is 12.2. The molecule has 0 aliphatic heterocycles. The number of rotatable bonds is 8. The molecule has 4 nitrogen and oxygen atoms in total. The van der Waals surface area contributed by atoms with Gasteiger partial charge in [0.05, 0.1) is 0 Å². The Labute approximate surface area is 300 Å². The van der Waals surface area contributed by atoms with Crippen LogP contribution in [0.1, 0.15) is 93.6 Å². The number of aromatic nitrogens is 1. The van der Waals surface area contributed by atoms with Crippen LogP contribution >= 0.6 is 22.7 Å². The van der Waals surface area contributed by atoms with Crippen molar-refractivity contribution in [2.75, 3.05) is 0 Å². The van der Waals surface area contributed by atoms with E-state index in [1.807, 2.05) is 53.8 Å². The average Bonchev–Trinajstić information content (AvgIpc) is 3.80. The quantitative estimate of drug-likeness (QED) is 0.0942. The number of nitrogens with zero attached hydrogens (tertiary/aromatic N) is 1. The molecule has 47 heavy (non-hydrogen) atoms. The summed E-state index contributed by atoms with van der Waals surface area (Å²) in [7, 11) is 0. The third-order valence-electron chi connectivity index (χ3n) is 10.1.